The van der Waals surface area contributed by atoms with Gasteiger partial charge < -0.3 is 9.84 Å². The molecule has 6 nitrogen and oxygen atoms in total. The summed E-state index contributed by atoms with van der Waals surface area (Å²) in [5, 5.41) is 12.6. The third-order valence-electron chi connectivity index (χ3n) is 4.60. The highest BCUT2D eigenvalue weighted by Gasteiger charge is 2.35. The summed E-state index contributed by atoms with van der Waals surface area (Å²) in [6, 6.07) is 8.57. The average Bonchev–Trinajstić information content (AvgIpc) is 2.65. The zero-order valence-electron chi connectivity index (χ0n) is 16.1. The number of amides is 2. The van der Waals surface area contributed by atoms with Crippen LogP contribution >= 0.6 is 28.1 Å². The topological polar surface area (TPSA) is 78.9 Å². The molecule has 1 aliphatic rings. The first-order chi connectivity index (χ1) is 13.7. The van der Waals surface area contributed by atoms with Crippen LogP contribution in [-0.2, 0) is 9.59 Å². The maximum atomic E-state index is 13.2. The predicted molar refractivity (Wildman–Crippen MR) is 119 cm³/mol. The van der Waals surface area contributed by atoms with Crippen molar-refractivity contribution < 1.29 is 19.4 Å². The number of carbonyl (C=O) groups excluding carboxylic acids is 2. The van der Waals surface area contributed by atoms with Crippen LogP contribution in [0.4, 0.5) is 5.69 Å². The van der Waals surface area contributed by atoms with Gasteiger partial charge in [0.25, 0.3) is 11.8 Å². The maximum absolute atomic E-state index is 13.2. The van der Waals surface area contributed by atoms with Gasteiger partial charge in [0.2, 0.25) is 0 Å². The summed E-state index contributed by atoms with van der Waals surface area (Å²) in [5.74, 6) is -0.892. The molecule has 2 N–H and O–H groups in total. The Labute approximate surface area is 182 Å². The minimum absolute atomic E-state index is 0.0330. The van der Waals surface area contributed by atoms with Crippen molar-refractivity contribution in [3.05, 3.63) is 57.1 Å². The van der Waals surface area contributed by atoms with Gasteiger partial charge in [-0.1, -0.05) is 28.1 Å². The highest BCUT2D eigenvalue weighted by atomic mass is 79.9. The normalized spacial score (nSPS) is 15.7. The van der Waals surface area contributed by atoms with Crippen LogP contribution in [0.2, 0.25) is 0 Å². The summed E-state index contributed by atoms with van der Waals surface area (Å²) in [4.78, 5) is 27.1. The monoisotopic (exact) mass is 474 g/mol. The van der Waals surface area contributed by atoms with Crippen molar-refractivity contribution in [1.82, 2.24) is 5.32 Å². The lowest BCUT2D eigenvalue weighted by molar-refractivity contribution is -0.122. The Morgan fingerprint density at radius 1 is 1.28 bits per heavy atom. The van der Waals surface area contributed by atoms with Crippen LogP contribution in [0, 0.1) is 13.8 Å². The number of phenolic OH excluding ortho intramolecular Hbond substituents is 1. The van der Waals surface area contributed by atoms with Crippen LogP contribution in [0.5, 0.6) is 11.5 Å². The van der Waals surface area contributed by atoms with E-state index in [0.717, 1.165) is 11.1 Å². The van der Waals surface area contributed by atoms with Crippen molar-refractivity contribution in [2.45, 2.75) is 20.8 Å². The molecule has 8 heteroatoms. The van der Waals surface area contributed by atoms with E-state index in [1.54, 1.807) is 19.1 Å². The minimum atomic E-state index is -0.584. The Kier molecular flexibility index (Phi) is 6.04. The van der Waals surface area contributed by atoms with E-state index in [4.69, 9.17) is 17.0 Å². The molecule has 1 saturated heterocycles. The number of hydrogen-bond acceptors (Lipinski definition) is 5. The smallest absolute Gasteiger partial charge is 0.270 e. The summed E-state index contributed by atoms with van der Waals surface area (Å²) in [6.07, 6.45) is 1.45. The second kappa shape index (κ2) is 8.34. The number of nitrogens with one attached hydrogen (secondary N) is 1. The van der Waals surface area contributed by atoms with E-state index in [0.29, 0.717) is 22.3 Å². The SMILES string of the molecule is CCOc1cc(C=C2C(=O)NC(=S)N(c3cccc(C)c3C)C2=O)c(Br)cc1O. The molecule has 2 aromatic rings. The zero-order chi connectivity index (χ0) is 21.3. The van der Waals surface area contributed by atoms with E-state index in [-0.39, 0.29) is 22.2 Å². The number of aromatic hydroxyl groups is 1. The predicted octanol–water partition coefficient (Wildman–Crippen LogP) is 4.00. The Morgan fingerprint density at radius 2 is 2.00 bits per heavy atom. The Morgan fingerprint density at radius 3 is 2.69 bits per heavy atom. The van der Waals surface area contributed by atoms with Crippen molar-refractivity contribution in [2.24, 2.45) is 0 Å². The zero-order valence-corrected chi connectivity index (χ0v) is 18.5. The number of aryl methyl sites for hydroxylation is 1. The second-order valence-electron chi connectivity index (χ2n) is 6.45. The quantitative estimate of drug-likeness (QED) is 0.397. The van der Waals surface area contributed by atoms with Gasteiger partial charge in [-0.3, -0.25) is 19.8 Å². The number of nitrogens with zero attached hydrogens (tertiary/aromatic N) is 1. The van der Waals surface area contributed by atoms with Gasteiger partial charge >= 0.3 is 0 Å². The lowest BCUT2D eigenvalue weighted by atomic mass is 10.0. The van der Waals surface area contributed by atoms with E-state index in [9.17, 15) is 14.7 Å². The van der Waals surface area contributed by atoms with Crippen molar-refractivity contribution >= 4 is 56.8 Å². The number of rotatable bonds is 4. The molecular formula is C21H19BrN2O4S. The molecule has 0 unspecified atom stereocenters. The van der Waals surface area contributed by atoms with Crippen LogP contribution in [0.3, 0.4) is 0 Å². The molecule has 0 aromatic heterocycles. The summed E-state index contributed by atoms with van der Waals surface area (Å²) in [5.41, 5.74) is 2.95. The van der Waals surface area contributed by atoms with Crippen LogP contribution in [0.1, 0.15) is 23.6 Å². The Balaban J connectivity index is 2.09. The average molecular weight is 475 g/mol. The highest BCUT2D eigenvalue weighted by Crippen LogP contribution is 2.34. The van der Waals surface area contributed by atoms with Crippen LogP contribution < -0.4 is 15.0 Å². The fourth-order valence-electron chi connectivity index (χ4n) is 2.95. The largest absolute Gasteiger partial charge is 0.504 e. The van der Waals surface area contributed by atoms with E-state index in [1.807, 2.05) is 26.0 Å². The number of phenols is 1. The van der Waals surface area contributed by atoms with Crippen molar-refractivity contribution in [2.75, 3.05) is 11.5 Å². The number of carbonyl (C=O) groups is 2. The molecule has 1 aliphatic heterocycles. The molecule has 3 rings (SSSR count). The molecule has 2 amide bonds. The van der Waals surface area contributed by atoms with Gasteiger partial charge in [-0.15, -0.1) is 0 Å². The maximum Gasteiger partial charge on any atom is 0.270 e. The summed E-state index contributed by atoms with van der Waals surface area (Å²) < 4.78 is 5.91. The first kappa shape index (κ1) is 21.0. The van der Waals surface area contributed by atoms with E-state index in [1.165, 1.54) is 17.0 Å². The molecule has 0 aliphatic carbocycles. The van der Waals surface area contributed by atoms with Crippen LogP contribution in [0.25, 0.3) is 6.08 Å². The molecule has 0 spiro atoms. The second-order valence-corrected chi connectivity index (χ2v) is 7.69. The molecule has 0 bridgehead atoms. The summed E-state index contributed by atoms with van der Waals surface area (Å²) in [6.45, 7) is 5.99. The number of benzene rings is 2. The number of thiocarbonyl (C=S) groups is 1. The van der Waals surface area contributed by atoms with Crippen LogP contribution in [-0.4, -0.2) is 28.6 Å². The first-order valence-corrected chi connectivity index (χ1v) is 10.1. The van der Waals surface area contributed by atoms with E-state index in [2.05, 4.69) is 21.2 Å². The molecule has 150 valence electrons. The molecular weight excluding hydrogens is 456 g/mol. The summed E-state index contributed by atoms with van der Waals surface area (Å²) >= 11 is 8.62. The minimum Gasteiger partial charge on any atom is -0.504 e. The lowest BCUT2D eigenvalue weighted by Crippen LogP contribution is -2.54. The highest BCUT2D eigenvalue weighted by molar-refractivity contribution is 9.10. The third kappa shape index (κ3) is 4.04. The van der Waals surface area contributed by atoms with Crippen molar-refractivity contribution in [3.63, 3.8) is 0 Å². The summed E-state index contributed by atoms with van der Waals surface area (Å²) in [7, 11) is 0. The van der Waals surface area contributed by atoms with Crippen LogP contribution in [0.15, 0.2) is 40.4 Å². The molecule has 0 atom stereocenters. The van der Waals surface area contributed by atoms with Gasteiger partial charge in [0.05, 0.1) is 12.3 Å². The van der Waals surface area contributed by atoms with Crippen molar-refractivity contribution in [3.8, 4) is 11.5 Å². The number of halogens is 1. The van der Waals surface area contributed by atoms with Gasteiger partial charge in [0.1, 0.15) is 5.57 Å². The standard InChI is InChI=1S/C21H19BrN2O4S/c1-4-28-18-9-13(15(22)10-17(18)25)8-14-19(26)23-21(29)24(20(14)27)16-7-5-6-11(2)12(16)3/h5-10,25H,4H2,1-3H3,(H,23,26,29). The molecule has 0 radical (unpaired) electrons. The molecule has 1 heterocycles. The fraction of sp³-hybridized carbons (Fsp3) is 0.190. The van der Waals surface area contributed by atoms with Gasteiger partial charge in [-0.05, 0) is 74.0 Å². The molecule has 2 aromatic carbocycles. The van der Waals surface area contributed by atoms with Gasteiger partial charge in [0.15, 0.2) is 16.6 Å². The van der Waals surface area contributed by atoms with Gasteiger partial charge in [0, 0.05) is 4.47 Å². The number of ether oxygens (including phenoxy) is 1. The van der Waals surface area contributed by atoms with Gasteiger partial charge in [-0.25, -0.2) is 0 Å². The van der Waals surface area contributed by atoms with E-state index >= 15 is 0 Å². The van der Waals surface area contributed by atoms with Crippen molar-refractivity contribution in [1.29, 1.82) is 0 Å². The Bertz CT molecular complexity index is 1060. The first-order valence-electron chi connectivity index (χ1n) is 8.87. The van der Waals surface area contributed by atoms with E-state index < -0.39 is 11.8 Å². The number of anilines is 1. The molecule has 29 heavy (non-hydrogen) atoms. The third-order valence-corrected chi connectivity index (χ3v) is 5.57. The lowest BCUT2D eigenvalue weighted by Gasteiger charge is -2.30. The molecule has 0 saturated carbocycles. The van der Waals surface area contributed by atoms with Gasteiger partial charge in [-0.2, -0.15) is 0 Å². The molecule has 1 fully saturated rings. The number of hydrogen-bond donors (Lipinski definition) is 2. The fourth-order valence-corrected chi connectivity index (χ4v) is 3.67. The Hall–Kier alpha value is -2.71.